The lowest BCUT2D eigenvalue weighted by Crippen LogP contribution is -2.47. The van der Waals surface area contributed by atoms with Gasteiger partial charge in [0.05, 0.1) is 53.3 Å². The maximum Gasteiger partial charge on any atom is 0.256 e. The fraction of sp³-hybridized carbons (Fsp3) is 0.429. The lowest BCUT2D eigenvalue weighted by molar-refractivity contribution is -0.137. The molecule has 254 valence electrons. The van der Waals surface area contributed by atoms with Crippen LogP contribution in [0.4, 0.5) is 11.4 Å². The van der Waals surface area contributed by atoms with Crippen LogP contribution in [0.3, 0.4) is 0 Å². The molecule has 11 nitrogen and oxygen atoms in total. The van der Waals surface area contributed by atoms with Crippen LogP contribution >= 0.6 is 23.2 Å². The van der Waals surface area contributed by atoms with E-state index in [1.807, 2.05) is 6.07 Å². The first-order valence-electron chi connectivity index (χ1n) is 16.0. The van der Waals surface area contributed by atoms with Crippen molar-refractivity contribution in [1.82, 2.24) is 19.7 Å². The van der Waals surface area contributed by atoms with E-state index in [1.54, 1.807) is 39.2 Å². The second-order valence-corrected chi connectivity index (χ2v) is 12.7. The molecule has 1 N–H and O–H groups in total. The van der Waals surface area contributed by atoms with Crippen LogP contribution in [0.25, 0.3) is 10.9 Å². The van der Waals surface area contributed by atoms with E-state index in [0.717, 1.165) is 58.5 Å². The van der Waals surface area contributed by atoms with Crippen molar-refractivity contribution in [2.24, 2.45) is 0 Å². The van der Waals surface area contributed by atoms with Gasteiger partial charge < -0.3 is 29.3 Å². The van der Waals surface area contributed by atoms with Gasteiger partial charge in [0.2, 0.25) is 0 Å². The first-order valence-corrected chi connectivity index (χ1v) is 16.7. The van der Waals surface area contributed by atoms with Crippen molar-refractivity contribution in [3.63, 3.8) is 0 Å². The molecule has 1 aromatic heterocycles. The number of carbonyl (C=O) groups excluding carboxylic acids is 2. The van der Waals surface area contributed by atoms with E-state index in [4.69, 9.17) is 37.4 Å². The summed E-state index contributed by atoms with van der Waals surface area (Å²) in [5, 5.41) is 14.5. The number of ether oxygens (including phenoxy) is 3. The summed E-state index contributed by atoms with van der Waals surface area (Å²) in [6.45, 7) is 10.2. The number of benzene rings is 2. The number of nitrogens with zero attached hydrogens (tertiary/aromatic N) is 5. The summed E-state index contributed by atoms with van der Waals surface area (Å²) in [4.78, 5) is 35.3. The Kier molecular flexibility index (Phi) is 11.7. The number of nitrogens with one attached hydrogen (secondary N) is 1. The lowest BCUT2D eigenvalue weighted by atomic mass is 10.1. The number of methoxy groups -OCH3 is 2. The van der Waals surface area contributed by atoms with E-state index in [1.165, 1.54) is 18.2 Å². The molecular weight excluding hydrogens is 655 g/mol. The molecule has 0 radical (unpaired) electrons. The van der Waals surface area contributed by atoms with Crippen LogP contribution in [0.2, 0.25) is 10.0 Å². The van der Waals surface area contributed by atoms with E-state index in [9.17, 15) is 14.9 Å². The van der Waals surface area contributed by atoms with Gasteiger partial charge in [0, 0.05) is 74.1 Å². The van der Waals surface area contributed by atoms with Gasteiger partial charge in [-0.1, -0.05) is 23.2 Å². The number of amides is 2. The highest BCUT2D eigenvalue weighted by Gasteiger charge is 2.32. The van der Waals surface area contributed by atoms with E-state index in [2.05, 4.69) is 26.2 Å². The Bertz CT molecular complexity index is 1740. The smallest absolute Gasteiger partial charge is 0.256 e. The standard InChI is InChI=1S/C35H40Cl2N6O5/c1-22-23(2)35(45)43(34(22)44)10-6-5-8-41-11-13-42(14-12-41)9-7-15-48-32-18-28-25(16-31(32)47-4)33(24(20-38)21-39-28)40-29-19-30(46-3)27(37)17-26(29)36/h16-19,21H,5-15H2,1-4H3,(H,39,40). The Balaban J connectivity index is 1.11. The van der Waals surface area contributed by atoms with E-state index in [0.29, 0.717) is 79.4 Å². The summed E-state index contributed by atoms with van der Waals surface area (Å²) in [6, 6.07) is 9.08. The van der Waals surface area contributed by atoms with E-state index >= 15 is 0 Å². The third-order valence-corrected chi connectivity index (χ3v) is 9.52. The van der Waals surface area contributed by atoms with Crippen LogP contribution in [0, 0.1) is 11.3 Å². The number of carbonyl (C=O) groups is 2. The predicted octanol–water partition coefficient (Wildman–Crippen LogP) is 6.05. The number of hydrogen-bond acceptors (Lipinski definition) is 10. The third kappa shape index (κ3) is 7.79. The molecule has 1 saturated heterocycles. The molecule has 0 bridgehead atoms. The molecule has 2 aliphatic heterocycles. The highest BCUT2D eigenvalue weighted by atomic mass is 35.5. The van der Waals surface area contributed by atoms with Gasteiger partial charge in [-0.25, -0.2) is 0 Å². The van der Waals surface area contributed by atoms with Crippen molar-refractivity contribution in [3.8, 4) is 23.3 Å². The molecular formula is C35H40Cl2N6O5. The van der Waals surface area contributed by atoms with Gasteiger partial charge in [-0.3, -0.25) is 19.5 Å². The Hall–Kier alpha value is -4.08. The average Bonchev–Trinajstić information content (AvgIpc) is 3.27. The fourth-order valence-corrected chi connectivity index (χ4v) is 6.45. The Morgan fingerprint density at radius 2 is 1.46 bits per heavy atom. The van der Waals surface area contributed by atoms with E-state index in [-0.39, 0.29) is 11.8 Å². The summed E-state index contributed by atoms with van der Waals surface area (Å²) in [6.07, 6.45) is 4.11. The highest BCUT2D eigenvalue weighted by molar-refractivity contribution is 6.37. The molecule has 13 heteroatoms. The minimum absolute atomic E-state index is 0.149. The lowest BCUT2D eigenvalue weighted by Gasteiger charge is -2.34. The number of halogens is 2. The molecule has 0 atom stereocenters. The zero-order valence-electron chi connectivity index (χ0n) is 27.7. The number of pyridine rings is 1. The topological polar surface area (TPSA) is 120 Å². The number of anilines is 2. The molecule has 0 unspecified atom stereocenters. The summed E-state index contributed by atoms with van der Waals surface area (Å²) in [5.41, 5.74) is 3.14. The van der Waals surface area contributed by atoms with Crippen LogP contribution in [0.1, 0.15) is 38.7 Å². The average molecular weight is 696 g/mol. The van der Waals surface area contributed by atoms with Gasteiger partial charge in [0.25, 0.3) is 11.8 Å². The normalized spacial score (nSPS) is 15.7. The van der Waals surface area contributed by atoms with Gasteiger partial charge in [-0.05, 0) is 51.8 Å². The number of hydrogen-bond donors (Lipinski definition) is 1. The summed E-state index contributed by atoms with van der Waals surface area (Å²) in [7, 11) is 3.10. The fourth-order valence-electron chi connectivity index (χ4n) is 5.94. The number of nitriles is 1. The molecule has 0 saturated carbocycles. The first kappa shape index (κ1) is 35.2. The van der Waals surface area contributed by atoms with Crippen molar-refractivity contribution in [3.05, 3.63) is 57.2 Å². The largest absolute Gasteiger partial charge is 0.495 e. The highest BCUT2D eigenvalue weighted by Crippen LogP contribution is 2.40. The minimum atomic E-state index is -0.149. The number of rotatable bonds is 14. The first-order chi connectivity index (χ1) is 23.1. The maximum atomic E-state index is 12.2. The summed E-state index contributed by atoms with van der Waals surface area (Å²) in [5.74, 6) is 1.24. The van der Waals surface area contributed by atoms with Crippen molar-refractivity contribution in [2.45, 2.75) is 33.1 Å². The molecule has 48 heavy (non-hydrogen) atoms. The molecule has 5 rings (SSSR count). The second kappa shape index (κ2) is 15.9. The Morgan fingerprint density at radius 1 is 0.833 bits per heavy atom. The second-order valence-electron chi connectivity index (χ2n) is 11.9. The quantitative estimate of drug-likeness (QED) is 0.158. The molecule has 2 aromatic carbocycles. The molecule has 2 amide bonds. The zero-order chi connectivity index (χ0) is 34.4. The van der Waals surface area contributed by atoms with Gasteiger partial charge in [0.1, 0.15) is 11.8 Å². The molecule has 3 aromatic rings. The van der Waals surface area contributed by atoms with E-state index < -0.39 is 0 Å². The maximum absolute atomic E-state index is 12.2. The van der Waals surface area contributed by atoms with Crippen molar-refractivity contribution >= 4 is 57.3 Å². The van der Waals surface area contributed by atoms with Crippen LogP contribution in [0.15, 0.2) is 41.6 Å². The van der Waals surface area contributed by atoms with Crippen LogP contribution in [0.5, 0.6) is 17.2 Å². The van der Waals surface area contributed by atoms with Crippen molar-refractivity contribution in [2.75, 3.05) is 72.0 Å². The Labute approximate surface area is 290 Å². The SMILES string of the molecule is COc1cc(Nc2c(C#N)cnc3cc(OCCCN4CCN(CCCCN5C(=O)C(C)=C(C)C5=O)CC4)c(OC)cc23)c(Cl)cc1Cl. The molecule has 0 aliphatic carbocycles. The van der Waals surface area contributed by atoms with Crippen molar-refractivity contribution < 1.29 is 23.8 Å². The van der Waals surface area contributed by atoms with Gasteiger partial charge >= 0.3 is 0 Å². The number of aromatic nitrogens is 1. The van der Waals surface area contributed by atoms with Gasteiger partial charge in [-0.2, -0.15) is 5.26 Å². The monoisotopic (exact) mass is 694 g/mol. The molecule has 1 fully saturated rings. The number of imide groups is 1. The summed E-state index contributed by atoms with van der Waals surface area (Å²) < 4.78 is 17.2. The van der Waals surface area contributed by atoms with Crippen molar-refractivity contribution in [1.29, 1.82) is 5.26 Å². The number of piperazine rings is 1. The Morgan fingerprint density at radius 3 is 2.08 bits per heavy atom. The number of unbranched alkanes of at least 4 members (excludes halogenated alkanes) is 1. The van der Waals surface area contributed by atoms with Crippen LogP contribution < -0.4 is 19.5 Å². The van der Waals surface area contributed by atoms with Gasteiger partial charge in [0.15, 0.2) is 11.5 Å². The minimum Gasteiger partial charge on any atom is -0.495 e. The van der Waals surface area contributed by atoms with Crippen LogP contribution in [-0.2, 0) is 9.59 Å². The third-order valence-electron chi connectivity index (χ3n) is 8.92. The predicted molar refractivity (Wildman–Crippen MR) is 187 cm³/mol. The summed E-state index contributed by atoms with van der Waals surface area (Å²) >= 11 is 12.7. The molecule has 2 aliphatic rings. The van der Waals surface area contributed by atoms with Gasteiger partial charge in [-0.15, -0.1) is 0 Å². The molecule has 0 spiro atoms. The number of fused-ring (bicyclic) bond motifs is 1. The zero-order valence-corrected chi connectivity index (χ0v) is 29.2. The van der Waals surface area contributed by atoms with Crippen LogP contribution in [-0.4, -0.2) is 98.1 Å². The molecule has 3 heterocycles.